The number of fused-ring (bicyclic) bond motifs is 1. The lowest BCUT2D eigenvalue weighted by Crippen LogP contribution is -2.23. The molecule has 0 aliphatic heterocycles. The molecule has 0 amide bonds. The fourth-order valence-corrected chi connectivity index (χ4v) is 3.23. The Labute approximate surface area is 125 Å². The molecule has 1 heterocycles. The molecule has 0 unspecified atom stereocenters. The minimum Gasteiger partial charge on any atom is -0.396 e. The lowest BCUT2D eigenvalue weighted by atomic mass is 9.82. The number of nitrogens with zero attached hydrogens (tertiary/aromatic N) is 2. The van der Waals surface area contributed by atoms with Crippen molar-refractivity contribution in [2.24, 2.45) is 11.8 Å². The number of hydrogen-bond acceptors (Lipinski definition) is 4. The fraction of sp³-hybridized carbons (Fsp3) is 0.529. The van der Waals surface area contributed by atoms with Gasteiger partial charge in [-0.05, 0) is 44.4 Å². The van der Waals surface area contributed by atoms with Crippen molar-refractivity contribution in [3.63, 3.8) is 0 Å². The molecular formula is C17H23N3O. The van der Waals surface area contributed by atoms with Crippen molar-refractivity contribution in [2.45, 2.75) is 32.6 Å². The Morgan fingerprint density at radius 1 is 1.05 bits per heavy atom. The molecule has 21 heavy (non-hydrogen) atoms. The minimum absolute atomic E-state index is 0.341. The first kappa shape index (κ1) is 14.3. The lowest BCUT2D eigenvalue weighted by molar-refractivity contribution is 0.170. The molecule has 0 bridgehead atoms. The molecule has 4 nitrogen and oxygen atoms in total. The van der Waals surface area contributed by atoms with Crippen LogP contribution >= 0.6 is 0 Å². The number of aromatic nitrogens is 2. The Hall–Kier alpha value is -1.68. The summed E-state index contributed by atoms with van der Waals surface area (Å²) in [7, 11) is 0. The zero-order valence-electron chi connectivity index (χ0n) is 12.5. The van der Waals surface area contributed by atoms with Gasteiger partial charge in [0.1, 0.15) is 0 Å². The molecule has 0 atom stereocenters. The highest BCUT2D eigenvalue weighted by atomic mass is 16.3. The Balaban J connectivity index is 1.67. The Morgan fingerprint density at radius 3 is 2.43 bits per heavy atom. The second kappa shape index (κ2) is 6.39. The molecule has 1 saturated carbocycles. The molecular weight excluding hydrogens is 262 g/mol. The quantitative estimate of drug-likeness (QED) is 0.906. The number of aliphatic hydroxyl groups is 1. The van der Waals surface area contributed by atoms with Crippen LogP contribution in [0.4, 0.5) is 5.82 Å². The average molecular weight is 285 g/mol. The van der Waals surface area contributed by atoms with E-state index in [9.17, 15) is 5.11 Å². The third-order valence-electron chi connectivity index (χ3n) is 4.65. The first-order valence-electron chi connectivity index (χ1n) is 7.84. The number of rotatable bonds is 4. The largest absolute Gasteiger partial charge is 0.396 e. The van der Waals surface area contributed by atoms with E-state index in [1.54, 1.807) is 0 Å². The standard InChI is InChI=1S/C17H23N3O/c1-12-15-4-2-3-5-16(15)17(20-19-12)18-10-13-6-8-14(11-21)9-7-13/h2-5,13-14,21H,6-11H2,1H3,(H,18,20). The molecule has 1 aromatic heterocycles. The number of aryl methyl sites for hydroxylation is 1. The first-order chi connectivity index (χ1) is 10.3. The Morgan fingerprint density at radius 2 is 1.71 bits per heavy atom. The second-order valence-electron chi connectivity index (χ2n) is 6.13. The van der Waals surface area contributed by atoms with Crippen LogP contribution in [0.15, 0.2) is 24.3 Å². The van der Waals surface area contributed by atoms with E-state index in [4.69, 9.17) is 0 Å². The summed E-state index contributed by atoms with van der Waals surface area (Å²) in [6, 6.07) is 8.27. The summed E-state index contributed by atoms with van der Waals surface area (Å²) in [6.45, 7) is 3.28. The highest BCUT2D eigenvalue weighted by Gasteiger charge is 2.20. The van der Waals surface area contributed by atoms with E-state index in [2.05, 4.69) is 27.6 Å². The van der Waals surface area contributed by atoms with E-state index in [-0.39, 0.29) is 0 Å². The van der Waals surface area contributed by atoms with Gasteiger partial charge >= 0.3 is 0 Å². The fourth-order valence-electron chi connectivity index (χ4n) is 3.23. The van der Waals surface area contributed by atoms with E-state index in [0.29, 0.717) is 18.4 Å². The van der Waals surface area contributed by atoms with Gasteiger partial charge < -0.3 is 10.4 Å². The van der Waals surface area contributed by atoms with Gasteiger partial charge in [-0.3, -0.25) is 0 Å². The van der Waals surface area contributed by atoms with Gasteiger partial charge in [-0.25, -0.2) is 0 Å². The summed E-state index contributed by atoms with van der Waals surface area (Å²) < 4.78 is 0. The smallest absolute Gasteiger partial charge is 0.156 e. The van der Waals surface area contributed by atoms with Gasteiger partial charge in [0.05, 0.1) is 5.69 Å². The number of benzene rings is 1. The van der Waals surface area contributed by atoms with Gasteiger partial charge in [0.15, 0.2) is 5.82 Å². The van der Waals surface area contributed by atoms with Crippen LogP contribution in [0.1, 0.15) is 31.4 Å². The zero-order chi connectivity index (χ0) is 14.7. The maximum atomic E-state index is 9.20. The molecule has 0 saturated heterocycles. The lowest BCUT2D eigenvalue weighted by Gasteiger charge is -2.27. The van der Waals surface area contributed by atoms with Crippen LogP contribution in [0, 0.1) is 18.8 Å². The number of aliphatic hydroxyl groups excluding tert-OH is 1. The summed E-state index contributed by atoms with van der Waals surface area (Å²) in [4.78, 5) is 0. The topological polar surface area (TPSA) is 58.0 Å². The summed E-state index contributed by atoms with van der Waals surface area (Å²) in [5.41, 5.74) is 0.972. The average Bonchev–Trinajstić information content (AvgIpc) is 2.55. The van der Waals surface area contributed by atoms with Crippen molar-refractivity contribution in [3.05, 3.63) is 30.0 Å². The van der Waals surface area contributed by atoms with Crippen LogP contribution in [0.2, 0.25) is 0 Å². The third kappa shape index (κ3) is 3.16. The predicted molar refractivity (Wildman–Crippen MR) is 85.3 cm³/mol. The van der Waals surface area contributed by atoms with Crippen molar-refractivity contribution < 1.29 is 5.11 Å². The van der Waals surface area contributed by atoms with E-state index >= 15 is 0 Å². The highest BCUT2D eigenvalue weighted by molar-refractivity contribution is 5.92. The van der Waals surface area contributed by atoms with Crippen molar-refractivity contribution >= 4 is 16.6 Å². The normalized spacial score (nSPS) is 22.4. The van der Waals surface area contributed by atoms with Gasteiger partial charge in [0.2, 0.25) is 0 Å². The maximum Gasteiger partial charge on any atom is 0.156 e. The van der Waals surface area contributed by atoms with Crippen LogP contribution in [0.3, 0.4) is 0 Å². The minimum atomic E-state index is 0.341. The summed E-state index contributed by atoms with van der Waals surface area (Å²) >= 11 is 0. The molecule has 2 N–H and O–H groups in total. The van der Waals surface area contributed by atoms with Crippen molar-refractivity contribution in [2.75, 3.05) is 18.5 Å². The van der Waals surface area contributed by atoms with E-state index < -0.39 is 0 Å². The van der Waals surface area contributed by atoms with Crippen LogP contribution < -0.4 is 5.32 Å². The second-order valence-corrected chi connectivity index (χ2v) is 6.13. The molecule has 3 rings (SSSR count). The molecule has 2 aromatic rings. The Bertz CT molecular complexity index is 606. The molecule has 1 aromatic carbocycles. The van der Waals surface area contributed by atoms with E-state index in [1.165, 1.54) is 18.2 Å². The zero-order valence-corrected chi connectivity index (χ0v) is 12.5. The highest BCUT2D eigenvalue weighted by Crippen LogP contribution is 2.29. The summed E-state index contributed by atoms with van der Waals surface area (Å²) in [6.07, 6.45) is 4.66. The Kier molecular flexibility index (Phi) is 4.34. The van der Waals surface area contributed by atoms with Crippen LogP contribution in [-0.2, 0) is 0 Å². The van der Waals surface area contributed by atoms with Crippen molar-refractivity contribution in [3.8, 4) is 0 Å². The summed E-state index contributed by atoms with van der Waals surface area (Å²) in [5, 5.41) is 23.6. The summed E-state index contributed by atoms with van der Waals surface area (Å²) in [5.74, 6) is 2.08. The van der Waals surface area contributed by atoms with Crippen LogP contribution in [0.25, 0.3) is 10.8 Å². The number of anilines is 1. The van der Waals surface area contributed by atoms with Crippen LogP contribution in [0.5, 0.6) is 0 Å². The molecule has 0 spiro atoms. The van der Waals surface area contributed by atoms with Crippen molar-refractivity contribution in [1.82, 2.24) is 10.2 Å². The molecule has 0 radical (unpaired) electrons. The van der Waals surface area contributed by atoms with Gasteiger partial charge in [-0.2, -0.15) is 5.10 Å². The predicted octanol–water partition coefficient (Wildman–Crippen LogP) is 3.15. The van der Waals surface area contributed by atoms with Gasteiger partial charge in [0, 0.05) is 23.9 Å². The van der Waals surface area contributed by atoms with E-state index in [0.717, 1.165) is 36.3 Å². The van der Waals surface area contributed by atoms with Gasteiger partial charge in [0.25, 0.3) is 0 Å². The molecule has 1 aliphatic carbocycles. The molecule has 4 heteroatoms. The molecule has 1 fully saturated rings. The SMILES string of the molecule is Cc1nnc(NCC2CCC(CO)CC2)c2ccccc12. The van der Waals surface area contributed by atoms with E-state index in [1.807, 2.05) is 19.1 Å². The molecule has 112 valence electrons. The van der Waals surface area contributed by atoms with Gasteiger partial charge in [-0.1, -0.05) is 24.3 Å². The monoisotopic (exact) mass is 285 g/mol. The van der Waals surface area contributed by atoms with Crippen LogP contribution in [-0.4, -0.2) is 28.5 Å². The third-order valence-corrected chi connectivity index (χ3v) is 4.65. The first-order valence-corrected chi connectivity index (χ1v) is 7.84. The number of nitrogens with one attached hydrogen (secondary N) is 1. The number of hydrogen-bond donors (Lipinski definition) is 2. The molecule has 1 aliphatic rings. The van der Waals surface area contributed by atoms with Gasteiger partial charge in [-0.15, -0.1) is 5.10 Å². The maximum absolute atomic E-state index is 9.20. The van der Waals surface area contributed by atoms with Crippen molar-refractivity contribution in [1.29, 1.82) is 0 Å².